The summed E-state index contributed by atoms with van der Waals surface area (Å²) in [6.45, 7) is 2.31. The number of likely N-dealkylation sites (tertiary alicyclic amines) is 1. The van der Waals surface area contributed by atoms with Crippen molar-refractivity contribution in [2.75, 3.05) is 40.8 Å². The molecule has 2 rings (SSSR count). The molecule has 11 nitrogen and oxygen atoms in total. The van der Waals surface area contributed by atoms with E-state index in [0.717, 1.165) is 31.8 Å². The van der Waals surface area contributed by atoms with Crippen LogP contribution in [0.15, 0.2) is 6.33 Å². The first kappa shape index (κ1) is 23.3. The fraction of sp³-hybridized carbons (Fsp3) is 0.706. The molecule has 1 fully saturated rings. The van der Waals surface area contributed by atoms with Crippen LogP contribution in [-0.2, 0) is 23.2 Å². The third kappa shape index (κ3) is 7.51. The number of rotatable bonds is 8. The normalized spacial score (nSPS) is 16.0. The van der Waals surface area contributed by atoms with E-state index in [1.165, 1.54) is 0 Å². The Kier molecular flexibility index (Phi) is 9.93. The number of nitrogens with zero attached hydrogens (tertiary/aromatic N) is 6. The number of hydrogen-bond donors (Lipinski definition) is 2. The number of carbonyl (C=O) groups is 3. The van der Waals surface area contributed by atoms with E-state index in [1.54, 1.807) is 22.8 Å². The molecule has 1 aromatic rings. The highest BCUT2D eigenvalue weighted by atomic mass is 16.3. The maximum absolute atomic E-state index is 12.2. The predicted molar refractivity (Wildman–Crippen MR) is 102 cm³/mol. The number of carboxylic acid groups (broad SMARTS) is 1. The molecule has 0 saturated carbocycles. The molecule has 1 unspecified atom stereocenters. The van der Waals surface area contributed by atoms with Gasteiger partial charge in [-0.25, -0.2) is 4.79 Å². The number of hydrogen-bond acceptors (Lipinski definition) is 6. The lowest BCUT2D eigenvalue weighted by Crippen LogP contribution is -2.42. The number of nitrogens with one attached hydrogen (secondary N) is 1. The lowest BCUT2D eigenvalue weighted by atomic mass is 10.1. The van der Waals surface area contributed by atoms with Gasteiger partial charge in [-0.15, -0.1) is 10.2 Å². The molecule has 1 saturated heterocycles. The van der Waals surface area contributed by atoms with Gasteiger partial charge in [-0.3, -0.25) is 9.59 Å². The van der Waals surface area contributed by atoms with E-state index < -0.39 is 0 Å². The van der Waals surface area contributed by atoms with Gasteiger partial charge in [0.15, 0.2) is 5.82 Å². The fourth-order valence-electron chi connectivity index (χ4n) is 2.92. The van der Waals surface area contributed by atoms with Gasteiger partial charge in [0.2, 0.25) is 5.91 Å². The first-order valence-electron chi connectivity index (χ1n) is 9.14. The van der Waals surface area contributed by atoms with Crippen LogP contribution >= 0.6 is 0 Å². The second kappa shape index (κ2) is 11.9. The summed E-state index contributed by atoms with van der Waals surface area (Å²) in [5, 5.41) is 17.6. The molecule has 11 heteroatoms. The zero-order chi connectivity index (χ0) is 21.1. The molecule has 158 valence electrons. The maximum atomic E-state index is 12.2. The van der Waals surface area contributed by atoms with Crippen molar-refractivity contribution in [2.24, 2.45) is 7.05 Å². The minimum absolute atomic E-state index is 0.146. The number of likely N-dealkylation sites (N-methyl/N-ethyl adjacent to an activating group) is 1. The van der Waals surface area contributed by atoms with Gasteiger partial charge in [0.05, 0.1) is 6.54 Å². The van der Waals surface area contributed by atoms with Crippen molar-refractivity contribution in [3.63, 3.8) is 0 Å². The smallest absolute Gasteiger partial charge is 0.317 e. The average Bonchev–Trinajstić information content (AvgIpc) is 3.19. The second-order valence-corrected chi connectivity index (χ2v) is 6.92. The SMILES string of the molecule is CN(C)CCN1C(=O)CCC1CCNC(=O)N(C)Cc1nncn1C.O=CO. The summed E-state index contributed by atoms with van der Waals surface area (Å²) in [7, 11) is 7.58. The Morgan fingerprint density at radius 3 is 2.68 bits per heavy atom. The van der Waals surface area contributed by atoms with Gasteiger partial charge < -0.3 is 29.7 Å². The lowest BCUT2D eigenvalue weighted by Gasteiger charge is -2.26. The molecule has 1 aliphatic rings. The molecule has 0 aliphatic carbocycles. The van der Waals surface area contributed by atoms with Gasteiger partial charge in [-0.1, -0.05) is 0 Å². The van der Waals surface area contributed by atoms with Crippen LogP contribution < -0.4 is 5.32 Å². The summed E-state index contributed by atoms with van der Waals surface area (Å²) in [5.41, 5.74) is 0. The summed E-state index contributed by atoms with van der Waals surface area (Å²) in [4.78, 5) is 38.2. The van der Waals surface area contributed by atoms with Crippen molar-refractivity contribution in [2.45, 2.75) is 31.8 Å². The van der Waals surface area contributed by atoms with Gasteiger partial charge in [0.1, 0.15) is 6.33 Å². The summed E-state index contributed by atoms with van der Waals surface area (Å²) >= 11 is 0. The lowest BCUT2D eigenvalue weighted by molar-refractivity contribution is -0.129. The average molecular weight is 397 g/mol. The van der Waals surface area contributed by atoms with E-state index in [4.69, 9.17) is 9.90 Å². The molecule has 2 N–H and O–H groups in total. The standard InChI is InChI=1S/C16H29N7O2.CH2O2/c1-20(2)9-10-23-13(5-6-15(23)24)7-8-17-16(25)21(3)11-14-19-18-12-22(14)4;2-1-3/h12-13H,5-11H2,1-4H3,(H,17,25);1H,(H,2,3). The fourth-order valence-corrected chi connectivity index (χ4v) is 2.92. The van der Waals surface area contributed by atoms with Crippen LogP contribution in [0.4, 0.5) is 4.79 Å². The van der Waals surface area contributed by atoms with Crippen LogP contribution in [0.3, 0.4) is 0 Å². The predicted octanol–water partition coefficient (Wildman–Crippen LogP) is -0.400. The minimum Gasteiger partial charge on any atom is -0.483 e. The first-order valence-corrected chi connectivity index (χ1v) is 9.14. The monoisotopic (exact) mass is 397 g/mol. The third-order valence-corrected chi connectivity index (χ3v) is 4.52. The van der Waals surface area contributed by atoms with Crippen LogP contribution in [-0.4, -0.2) is 99.8 Å². The number of aryl methyl sites for hydroxylation is 1. The molecule has 0 aromatic carbocycles. The highest BCUT2D eigenvalue weighted by molar-refractivity contribution is 5.78. The first-order chi connectivity index (χ1) is 13.3. The summed E-state index contributed by atoms with van der Waals surface area (Å²) in [6.07, 6.45) is 3.87. The zero-order valence-corrected chi connectivity index (χ0v) is 17.0. The van der Waals surface area contributed by atoms with E-state index in [0.29, 0.717) is 19.5 Å². The van der Waals surface area contributed by atoms with Gasteiger partial charge in [-0.05, 0) is 26.9 Å². The van der Waals surface area contributed by atoms with Crippen LogP contribution in [0, 0.1) is 0 Å². The molecule has 0 bridgehead atoms. The van der Waals surface area contributed by atoms with E-state index in [2.05, 4.69) is 20.4 Å². The van der Waals surface area contributed by atoms with Crippen LogP contribution in [0.5, 0.6) is 0 Å². The number of aromatic nitrogens is 3. The quantitative estimate of drug-likeness (QED) is 0.572. The topological polar surface area (TPSA) is 124 Å². The highest BCUT2D eigenvalue weighted by Crippen LogP contribution is 2.20. The Hall–Kier alpha value is -2.69. The minimum atomic E-state index is -0.250. The molecule has 0 radical (unpaired) electrons. The second-order valence-electron chi connectivity index (χ2n) is 6.92. The third-order valence-electron chi connectivity index (χ3n) is 4.52. The molecule has 1 atom stereocenters. The van der Waals surface area contributed by atoms with Gasteiger partial charge >= 0.3 is 6.03 Å². The van der Waals surface area contributed by atoms with Crippen molar-refractivity contribution >= 4 is 18.4 Å². The van der Waals surface area contributed by atoms with Crippen LogP contribution in [0.25, 0.3) is 0 Å². The molecule has 0 spiro atoms. The molecule has 2 heterocycles. The molecule has 1 aliphatic heterocycles. The molecule has 3 amide bonds. The molecule has 1 aromatic heterocycles. The van der Waals surface area contributed by atoms with Crippen molar-refractivity contribution < 1.29 is 19.5 Å². The summed E-state index contributed by atoms with van der Waals surface area (Å²) in [6, 6.07) is 0.0731. The summed E-state index contributed by atoms with van der Waals surface area (Å²) < 4.78 is 1.79. The van der Waals surface area contributed by atoms with E-state index in [1.807, 2.05) is 26.0 Å². The van der Waals surface area contributed by atoms with Crippen molar-refractivity contribution in [1.29, 1.82) is 0 Å². The van der Waals surface area contributed by atoms with Gasteiger partial charge in [0, 0.05) is 46.2 Å². The Bertz CT molecular complexity index is 635. The molecular weight excluding hydrogens is 366 g/mol. The van der Waals surface area contributed by atoms with E-state index in [-0.39, 0.29) is 24.5 Å². The van der Waals surface area contributed by atoms with E-state index >= 15 is 0 Å². The number of amides is 3. The largest absolute Gasteiger partial charge is 0.483 e. The van der Waals surface area contributed by atoms with Crippen LogP contribution in [0.1, 0.15) is 25.1 Å². The number of carbonyl (C=O) groups excluding carboxylic acids is 2. The van der Waals surface area contributed by atoms with Crippen molar-refractivity contribution in [3.05, 3.63) is 12.2 Å². The molecule has 28 heavy (non-hydrogen) atoms. The highest BCUT2D eigenvalue weighted by Gasteiger charge is 2.30. The Balaban J connectivity index is 0.00000122. The van der Waals surface area contributed by atoms with Gasteiger partial charge in [0.25, 0.3) is 6.47 Å². The maximum Gasteiger partial charge on any atom is 0.317 e. The Labute approximate surface area is 165 Å². The summed E-state index contributed by atoms with van der Waals surface area (Å²) in [5.74, 6) is 0.950. The Morgan fingerprint density at radius 2 is 2.11 bits per heavy atom. The Morgan fingerprint density at radius 1 is 1.43 bits per heavy atom. The molecular formula is C17H31N7O4. The number of urea groups is 1. The zero-order valence-electron chi connectivity index (χ0n) is 17.0. The van der Waals surface area contributed by atoms with E-state index in [9.17, 15) is 9.59 Å². The van der Waals surface area contributed by atoms with Crippen LogP contribution in [0.2, 0.25) is 0 Å². The van der Waals surface area contributed by atoms with Crippen molar-refractivity contribution in [3.8, 4) is 0 Å². The van der Waals surface area contributed by atoms with Gasteiger partial charge in [-0.2, -0.15) is 0 Å². The van der Waals surface area contributed by atoms with Crippen molar-refractivity contribution in [1.82, 2.24) is 34.8 Å².